The monoisotopic (exact) mass is 376 g/mol. The van der Waals surface area contributed by atoms with E-state index in [1.807, 2.05) is 0 Å². The molecule has 8 heteroatoms. The predicted octanol–water partition coefficient (Wildman–Crippen LogP) is 2.15. The third-order valence-electron chi connectivity index (χ3n) is 3.88. The van der Waals surface area contributed by atoms with E-state index in [0.717, 1.165) is 0 Å². The van der Waals surface area contributed by atoms with Gasteiger partial charge in [-0.15, -0.1) is 0 Å². The van der Waals surface area contributed by atoms with Gasteiger partial charge < -0.3 is 21.7 Å². The molecule has 2 heterocycles. The van der Waals surface area contributed by atoms with Gasteiger partial charge in [0.15, 0.2) is 0 Å². The molecule has 3 rings (SSSR count). The number of hydrogen-bond donors (Lipinski definition) is 4. The zero-order valence-electron chi connectivity index (χ0n) is 15.1. The van der Waals surface area contributed by atoms with Crippen LogP contribution in [0.1, 0.15) is 20.7 Å². The van der Waals surface area contributed by atoms with Gasteiger partial charge in [0.05, 0.1) is 22.5 Å². The Morgan fingerprint density at radius 2 is 1.71 bits per heavy atom. The number of benzene rings is 1. The fourth-order valence-corrected chi connectivity index (χ4v) is 2.40. The molecule has 0 saturated heterocycles. The third-order valence-corrected chi connectivity index (χ3v) is 3.88. The number of rotatable bonds is 7. The molecule has 0 fully saturated rings. The Hall–Kier alpha value is -3.94. The van der Waals surface area contributed by atoms with E-state index in [9.17, 15) is 9.59 Å². The van der Waals surface area contributed by atoms with Crippen LogP contribution in [0, 0.1) is 0 Å². The highest BCUT2D eigenvalue weighted by Crippen LogP contribution is 2.17. The van der Waals surface area contributed by atoms with Gasteiger partial charge in [0.2, 0.25) is 0 Å². The summed E-state index contributed by atoms with van der Waals surface area (Å²) in [5.74, 6) is 0.127. The fourth-order valence-electron chi connectivity index (χ4n) is 2.40. The highest BCUT2D eigenvalue weighted by atomic mass is 16.2. The second-order valence-electron chi connectivity index (χ2n) is 5.90. The lowest BCUT2D eigenvalue weighted by Gasteiger charge is -2.09. The summed E-state index contributed by atoms with van der Waals surface area (Å²) in [7, 11) is 0. The summed E-state index contributed by atoms with van der Waals surface area (Å²) in [6.45, 7) is 0.913. The highest BCUT2D eigenvalue weighted by molar-refractivity contribution is 6.05. The lowest BCUT2D eigenvalue weighted by atomic mass is 10.2. The summed E-state index contributed by atoms with van der Waals surface area (Å²) in [4.78, 5) is 32.3. The maximum absolute atomic E-state index is 12.3. The first-order valence-corrected chi connectivity index (χ1v) is 8.67. The number of nitrogen functional groups attached to an aromatic ring is 1. The first-order chi connectivity index (χ1) is 13.6. The van der Waals surface area contributed by atoms with Crippen LogP contribution in [-0.4, -0.2) is 34.9 Å². The highest BCUT2D eigenvalue weighted by Gasteiger charge is 2.08. The van der Waals surface area contributed by atoms with Crippen LogP contribution in [-0.2, 0) is 0 Å². The number of aromatic nitrogens is 2. The van der Waals surface area contributed by atoms with E-state index in [0.29, 0.717) is 41.4 Å². The van der Waals surface area contributed by atoms with Crippen LogP contribution < -0.4 is 21.7 Å². The summed E-state index contributed by atoms with van der Waals surface area (Å²) in [6, 6.07) is 13.8. The molecule has 5 N–H and O–H groups in total. The van der Waals surface area contributed by atoms with Crippen molar-refractivity contribution in [1.82, 2.24) is 15.3 Å². The van der Waals surface area contributed by atoms with E-state index < -0.39 is 0 Å². The molecule has 0 aliphatic heterocycles. The minimum Gasteiger partial charge on any atom is -0.397 e. The number of pyridine rings is 2. The Kier molecular flexibility index (Phi) is 6.14. The Morgan fingerprint density at radius 3 is 2.43 bits per heavy atom. The fraction of sp³-hybridized carbons (Fsp3) is 0.100. The Labute approximate surface area is 162 Å². The molecule has 0 saturated carbocycles. The molecule has 2 aromatic heterocycles. The van der Waals surface area contributed by atoms with Crippen LogP contribution in [0.25, 0.3) is 0 Å². The molecule has 0 radical (unpaired) electrons. The molecule has 0 spiro atoms. The summed E-state index contributed by atoms with van der Waals surface area (Å²) in [6.07, 6.45) is 4.60. The molecule has 0 aliphatic carbocycles. The zero-order chi connectivity index (χ0) is 19.8. The number of hydrogen-bond acceptors (Lipinski definition) is 6. The van der Waals surface area contributed by atoms with Crippen LogP contribution >= 0.6 is 0 Å². The quantitative estimate of drug-likeness (QED) is 0.370. The molecule has 0 atom stereocenters. The van der Waals surface area contributed by atoms with Gasteiger partial charge in [0.25, 0.3) is 11.8 Å². The molecule has 0 unspecified atom stereocenters. The van der Waals surface area contributed by atoms with Crippen molar-refractivity contribution in [3.05, 3.63) is 78.2 Å². The summed E-state index contributed by atoms with van der Waals surface area (Å²) < 4.78 is 0. The van der Waals surface area contributed by atoms with E-state index in [4.69, 9.17) is 5.73 Å². The van der Waals surface area contributed by atoms with Gasteiger partial charge in [-0.05, 0) is 36.4 Å². The van der Waals surface area contributed by atoms with Crippen molar-refractivity contribution in [2.75, 3.05) is 29.5 Å². The molecule has 2 amide bonds. The number of nitrogens with two attached hydrogens (primary N) is 1. The Balaban J connectivity index is 1.46. The SMILES string of the molecule is Nc1ccccc1NC(=O)c1ccc(NCCNC(=O)c2cccnc2)nc1. The molecule has 3 aromatic rings. The summed E-state index contributed by atoms with van der Waals surface area (Å²) in [5, 5.41) is 8.62. The first-order valence-electron chi connectivity index (χ1n) is 8.67. The van der Waals surface area contributed by atoms with Crippen LogP contribution in [0.2, 0.25) is 0 Å². The average Bonchev–Trinajstić information content (AvgIpc) is 2.73. The number of nitrogens with zero attached hydrogens (tertiary/aromatic N) is 2. The van der Waals surface area contributed by atoms with E-state index in [-0.39, 0.29) is 11.8 Å². The molecular weight excluding hydrogens is 356 g/mol. The normalized spacial score (nSPS) is 10.1. The number of para-hydroxylation sites is 2. The van der Waals surface area contributed by atoms with Gasteiger partial charge in [-0.1, -0.05) is 12.1 Å². The van der Waals surface area contributed by atoms with Gasteiger partial charge in [-0.2, -0.15) is 0 Å². The van der Waals surface area contributed by atoms with Crippen LogP contribution in [0.15, 0.2) is 67.1 Å². The van der Waals surface area contributed by atoms with Crippen LogP contribution in [0.4, 0.5) is 17.2 Å². The molecule has 28 heavy (non-hydrogen) atoms. The van der Waals surface area contributed by atoms with Crippen molar-refractivity contribution < 1.29 is 9.59 Å². The molecule has 0 aliphatic rings. The molecule has 0 bridgehead atoms. The van der Waals surface area contributed by atoms with Crippen LogP contribution in [0.3, 0.4) is 0 Å². The first kappa shape index (κ1) is 18.8. The third kappa shape index (κ3) is 5.04. The standard InChI is InChI=1S/C20H20N6O2/c21-16-5-1-2-6-17(16)26-20(28)15-7-8-18(25-13-15)23-10-11-24-19(27)14-4-3-9-22-12-14/h1-9,12-13H,10-11,21H2,(H,23,25)(H,24,27)(H,26,28). The minimum atomic E-state index is -0.291. The average molecular weight is 376 g/mol. The number of amides is 2. The largest absolute Gasteiger partial charge is 0.397 e. The number of nitrogens with one attached hydrogen (secondary N) is 3. The topological polar surface area (TPSA) is 122 Å². The van der Waals surface area contributed by atoms with Gasteiger partial charge in [0.1, 0.15) is 5.82 Å². The molecular formula is C20H20N6O2. The Bertz CT molecular complexity index is 944. The second kappa shape index (κ2) is 9.13. The van der Waals surface area contributed by atoms with E-state index >= 15 is 0 Å². The minimum absolute atomic E-state index is 0.185. The van der Waals surface area contributed by atoms with Crippen molar-refractivity contribution >= 4 is 29.0 Å². The lowest BCUT2D eigenvalue weighted by Crippen LogP contribution is -2.28. The second-order valence-corrected chi connectivity index (χ2v) is 5.90. The predicted molar refractivity (Wildman–Crippen MR) is 108 cm³/mol. The van der Waals surface area contributed by atoms with Gasteiger partial charge in [-0.3, -0.25) is 14.6 Å². The maximum atomic E-state index is 12.3. The van der Waals surface area contributed by atoms with Crippen molar-refractivity contribution in [3.63, 3.8) is 0 Å². The molecule has 8 nitrogen and oxygen atoms in total. The van der Waals surface area contributed by atoms with Crippen molar-refractivity contribution in [3.8, 4) is 0 Å². The lowest BCUT2D eigenvalue weighted by molar-refractivity contribution is 0.0954. The number of anilines is 3. The van der Waals surface area contributed by atoms with E-state index in [1.54, 1.807) is 54.7 Å². The van der Waals surface area contributed by atoms with Crippen LogP contribution in [0.5, 0.6) is 0 Å². The summed E-state index contributed by atoms with van der Waals surface area (Å²) >= 11 is 0. The Morgan fingerprint density at radius 1 is 0.893 bits per heavy atom. The molecule has 142 valence electrons. The summed E-state index contributed by atoms with van der Waals surface area (Å²) in [5.41, 5.74) is 7.80. The van der Waals surface area contributed by atoms with Gasteiger partial charge in [0, 0.05) is 31.7 Å². The van der Waals surface area contributed by atoms with Crippen molar-refractivity contribution in [2.24, 2.45) is 0 Å². The van der Waals surface area contributed by atoms with Crippen molar-refractivity contribution in [2.45, 2.75) is 0 Å². The smallest absolute Gasteiger partial charge is 0.257 e. The van der Waals surface area contributed by atoms with E-state index in [1.165, 1.54) is 12.4 Å². The van der Waals surface area contributed by atoms with E-state index in [2.05, 4.69) is 25.9 Å². The van der Waals surface area contributed by atoms with Crippen molar-refractivity contribution in [1.29, 1.82) is 0 Å². The molecule has 1 aromatic carbocycles. The number of carbonyl (C=O) groups is 2. The van der Waals surface area contributed by atoms with Gasteiger partial charge >= 0.3 is 0 Å². The number of carbonyl (C=O) groups excluding carboxylic acids is 2. The zero-order valence-corrected chi connectivity index (χ0v) is 15.1. The maximum Gasteiger partial charge on any atom is 0.257 e. The van der Waals surface area contributed by atoms with Gasteiger partial charge in [-0.25, -0.2) is 4.98 Å².